The molecule has 0 fully saturated rings. The molecule has 0 bridgehead atoms. The number of hydrogen-bond donors (Lipinski definition) is 1. The second-order valence-corrected chi connectivity index (χ2v) is 2.75. The van der Waals surface area contributed by atoms with Crippen LogP contribution in [-0.4, -0.2) is 21.7 Å². The van der Waals surface area contributed by atoms with Crippen molar-refractivity contribution >= 4 is 10.0 Å². The van der Waals surface area contributed by atoms with Crippen LogP contribution in [0.5, 0.6) is 0 Å². The highest BCUT2D eigenvalue weighted by Crippen LogP contribution is 1.62. The molecule has 0 heterocycles. The van der Waals surface area contributed by atoms with Crippen molar-refractivity contribution in [3.05, 3.63) is 0 Å². The summed E-state index contributed by atoms with van der Waals surface area (Å²) in [5.41, 5.74) is 0. The zero-order chi connectivity index (χ0) is 5.91. The van der Waals surface area contributed by atoms with Gasteiger partial charge in [-0.15, -0.1) is 0 Å². The van der Waals surface area contributed by atoms with Crippen molar-refractivity contribution in [3.63, 3.8) is 0 Å². The smallest absolute Gasteiger partial charge is 0.208 e. The predicted molar refractivity (Wildman–Crippen MR) is 23.9 cm³/mol. The van der Waals surface area contributed by atoms with E-state index < -0.39 is 10.0 Å². The lowest BCUT2D eigenvalue weighted by atomic mass is 11.6. The van der Waals surface area contributed by atoms with Gasteiger partial charge in [0, 0.05) is 1.37 Å². The van der Waals surface area contributed by atoms with Crippen LogP contribution in [0.2, 0.25) is 0 Å². The van der Waals surface area contributed by atoms with Crippen molar-refractivity contribution in [1.82, 2.24) is 4.72 Å². The van der Waals surface area contributed by atoms with Crippen molar-refractivity contribution in [2.45, 2.75) is 0 Å². The van der Waals surface area contributed by atoms with Crippen molar-refractivity contribution in [3.8, 4) is 0 Å². The molecule has 4 heteroatoms. The second-order valence-electron chi connectivity index (χ2n) is 0.917. The Bertz CT molecular complexity index is 129. The summed E-state index contributed by atoms with van der Waals surface area (Å²) < 4.78 is 28.3. The zero-order valence-electron chi connectivity index (χ0n) is 4.43. The summed E-state index contributed by atoms with van der Waals surface area (Å²) in [6.07, 6.45) is 1.02. The Balaban J connectivity index is 3.60. The highest BCUT2D eigenvalue weighted by Gasteiger charge is 1.88. The molecule has 0 atom stereocenters. The first kappa shape index (κ1) is 4.08. The van der Waals surface area contributed by atoms with E-state index in [0.717, 1.165) is 6.26 Å². The molecule has 0 aromatic carbocycles. The van der Waals surface area contributed by atoms with E-state index in [1.807, 2.05) is 4.72 Å². The van der Waals surface area contributed by atoms with Gasteiger partial charge in [-0.1, -0.05) is 0 Å². The highest BCUT2D eigenvalue weighted by atomic mass is 32.2. The van der Waals surface area contributed by atoms with Gasteiger partial charge in [-0.3, -0.25) is 0 Å². The van der Waals surface area contributed by atoms with Crippen LogP contribution < -0.4 is 4.72 Å². The lowest BCUT2D eigenvalue weighted by molar-refractivity contribution is 0.594. The van der Waals surface area contributed by atoms with Crippen molar-refractivity contribution in [2.75, 3.05) is 13.3 Å². The first-order valence-electron chi connectivity index (χ1n) is 2.01. The van der Waals surface area contributed by atoms with Gasteiger partial charge in [0.15, 0.2) is 0 Å². The average Bonchev–Trinajstić information content (AvgIpc) is 1.30. The van der Waals surface area contributed by atoms with Gasteiger partial charge in [-0.05, 0) is 7.02 Å². The summed E-state index contributed by atoms with van der Waals surface area (Å²) in [6.45, 7) is 0. The van der Waals surface area contributed by atoms with Crippen molar-refractivity contribution < 1.29 is 9.79 Å². The molecule has 0 aromatic heterocycles. The quantitative estimate of drug-likeness (QED) is 0.478. The summed E-state index contributed by atoms with van der Waals surface area (Å²) in [6, 6.07) is 0. The maximum atomic E-state index is 10.0. The molecule has 0 unspecified atom stereocenters. The molecular formula is C2H7NO2S. The minimum Gasteiger partial charge on any atom is -0.219 e. The minimum absolute atomic E-state index is 0.279. The van der Waals surface area contributed by atoms with Gasteiger partial charge in [-0.25, -0.2) is 13.1 Å². The van der Waals surface area contributed by atoms with Gasteiger partial charge in [0.2, 0.25) is 10.0 Å². The third-order valence-corrected chi connectivity index (χ3v) is 0.787. The summed E-state index contributed by atoms with van der Waals surface area (Å²) in [5, 5.41) is 0. The van der Waals surface area contributed by atoms with Crippen LogP contribution in [0.4, 0.5) is 0 Å². The topological polar surface area (TPSA) is 46.2 Å². The summed E-state index contributed by atoms with van der Waals surface area (Å²) in [4.78, 5) is 0. The van der Waals surface area contributed by atoms with Gasteiger partial charge in [0.1, 0.15) is 0 Å². The standard InChI is InChI=1S/C2H7NO2S/c1-3-6(2,4)5/h3H,1-2H3/i1D. The van der Waals surface area contributed by atoms with Crippen LogP contribution in [0.3, 0.4) is 0 Å². The Hall–Kier alpha value is -0.0900. The van der Waals surface area contributed by atoms with E-state index in [2.05, 4.69) is 0 Å². The molecule has 0 amide bonds. The molecule has 0 saturated heterocycles. The first-order valence-corrected chi connectivity index (χ1v) is 3.19. The van der Waals surface area contributed by atoms with Gasteiger partial charge < -0.3 is 0 Å². The number of sulfonamides is 1. The fraction of sp³-hybridized carbons (Fsp3) is 1.00. The third-order valence-electron chi connectivity index (χ3n) is 0.262. The summed E-state index contributed by atoms with van der Waals surface area (Å²) >= 11 is 0. The van der Waals surface area contributed by atoms with Crippen LogP contribution >= 0.6 is 0 Å². The molecule has 3 nitrogen and oxygen atoms in total. The molecule has 0 spiro atoms. The van der Waals surface area contributed by atoms with E-state index in [1.165, 1.54) is 0 Å². The maximum absolute atomic E-state index is 10.0. The monoisotopic (exact) mass is 110 g/mol. The Labute approximate surface area is 38.8 Å². The van der Waals surface area contributed by atoms with Crippen LogP contribution in [0, 0.1) is 0 Å². The normalized spacial score (nSPS) is 13.8. The van der Waals surface area contributed by atoms with Gasteiger partial charge in [0.25, 0.3) is 0 Å². The van der Waals surface area contributed by atoms with Crippen molar-refractivity contribution in [1.29, 1.82) is 0 Å². The van der Waals surface area contributed by atoms with E-state index in [-0.39, 0.29) is 7.02 Å². The SMILES string of the molecule is [2H]CNS(C)(=O)=O. The molecule has 0 aliphatic heterocycles. The van der Waals surface area contributed by atoms with Crippen LogP contribution in [0.25, 0.3) is 0 Å². The molecule has 38 valence electrons. The van der Waals surface area contributed by atoms with Gasteiger partial charge >= 0.3 is 0 Å². The summed E-state index contributed by atoms with van der Waals surface area (Å²) in [7, 11) is -3.39. The molecular weight excluding hydrogens is 102 g/mol. The third kappa shape index (κ3) is 3.91. The second kappa shape index (κ2) is 1.57. The lowest BCUT2D eigenvalue weighted by Crippen LogP contribution is -2.15. The Kier molecular flexibility index (Phi) is 1.07. The summed E-state index contributed by atoms with van der Waals surface area (Å²) in [5.74, 6) is 0. The van der Waals surface area contributed by atoms with E-state index in [9.17, 15) is 8.42 Å². The molecule has 6 heavy (non-hydrogen) atoms. The number of nitrogens with one attached hydrogen (secondary N) is 1. The highest BCUT2D eigenvalue weighted by molar-refractivity contribution is 7.88. The average molecular weight is 110 g/mol. The fourth-order valence-corrected chi connectivity index (χ4v) is 0. The van der Waals surface area contributed by atoms with E-state index in [4.69, 9.17) is 1.37 Å². The largest absolute Gasteiger partial charge is 0.219 e. The van der Waals surface area contributed by atoms with Gasteiger partial charge in [-0.2, -0.15) is 0 Å². The van der Waals surface area contributed by atoms with E-state index in [0.29, 0.717) is 0 Å². The zero-order valence-corrected chi connectivity index (χ0v) is 4.25. The van der Waals surface area contributed by atoms with Gasteiger partial charge in [0.05, 0.1) is 6.26 Å². The Morgan fingerprint density at radius 3 is 2.33 bits per heavy atom. The maximum Gasteiger partial charge on any atom is 0.208 e. The molecule has 0 rings (SSSR count). The molecule has 0 aliphatic rings. The lowest BCUT2D eigenvalue weighted by Gasteiger charge is -1.85. The first-order chi connectivity index (χ1) is 3.06. The fourth-order valence-electron chi connectivity index (χ4n) is 0. The predicted octanol–water partition coefficient (Wildman–Crippen LogP) is -0.835. The van der Waals surface area contributed by atoms with Crippen LogP contribution in [0.15, 0.2) is 0 Å². The molecule has 1 N–H and O–H groups in total. The van der Waals surface area contributed by atoms with Crippen molar-refractivity contribution in [2.24, 2.45) is 0 Å². The van der Waals surface area contributed by atoms with E-state index in [1.54, 1.807) is 0 Å². The van der Waals surface area contributed by atoms with Crippen LogP contribution in [0.1, 0.15) is 1.37 Å². The van der Waals surface area contributed by atoms with E-state index >= 15 is 0 Å². The molecule has 0 saturated carbocycles. The number of rotatable bonds is 1. The Morgan fingerprint density at radius 1 is 1.83 bits per heavy atom. The molecule has 0 radical (unpaired) electrons. The Morgan fingerprint density at radius 2 is 2.33 bits per heavy atom. The number of hydrogen-bond acceptors (Lipinski definition) is 2. The molecule has 0 aromatic rings. The molecule has 0 aliphatic carbocycles. The minimum atomic E-state index is -3.11. The van der Waals surface area contributed by atoms with Crippen LogP contribution in [-0.2, 0) is 10.0 Å².